The van der Waals surface area contributed by atoms with E-state index in [2.05, 4.69) is 20.5 Å². The highest BCUT2D eigenvalue weighted by molar-refractivity contribution is 5.94. The van der Waals surface area contributed by atoms with E-state index in [4.69, 9.17) is 9.97 Å². The molecule has 2 aliphatic rings. The molecule has 3 atom stereocenters. The minimum atomic E-state index is -0.652. The predicted molar refractivity (Wildman–Crippen MR) is 144 cm³/mol. The Morgan fingerprint density at radius 3 is 2.58 bits per heavy atom. The van der Waals surface area contributed by atoms with Crippen LogP contribution in [0.25, 0.3) is 33.5 Å². The van der Waals surface area contributed by atoms with Gasteiger partial charge in [-0.3, -0.25) is 10.2 Å². The zero-order valence-corrected chi connectivity index (χ0v) is 21.1. The van der Waals surface area contributed by atoms with E-state index >= 15 is 0 Å². The molecule has 0 amide bonds. The van der Waals surface area contributed by atoms with Gasteiger partial charge in [-0.1, -0.05) is 30.3 Å². The maximum absolute atomic E-state index is 14.4. The summed E-state index contributed by atoms with van der Waals surface area (Å²) < 4.78 is 28.5. The number of hydrogen-bond acceptors (Lipinski definition) is 6. The Labute approximate surface area is 220 Å². The van der Waals surface area contributed by atoms with Crippen LogP contribution in [0.5, 0.6) is 0 Å². The summed E-state index contributed by atoms with van der Waals surface area (Å²) >= 11 is 0. The van der Waals surface area contributed by atoms with Gasteiger partial charge in [0.05, 0.1) is 11.2 Å². The molecule has 1 saturated heterocycles. The second kappa shape index (κ2) is 10.8. The first-order valence-corrected chi connectivity index (χ1v) is 13.4. The van der Waals surface area contributed by atoms with Crippen molar-refractivity contribution < 1.29 is 13.9 Å². The van der Waals surface area contributed by atoms with E-state index < -0.39 is 18.0 Å². The molecule has 3 heterocycles. The summed E-state index contributed by atoms with van der Waals surface area (Å²) in [7, 11) is 0. The van der Waals surface area contributed by atoms with Crippen LogP contribution in [0.1, 0.15) is 38.5 Å². The van der Waals surface area contributed by atoms with E-state index in [1.807, 2.05) is 36.4 Å². The van der Waals surface area contributed by atoms with Gasteiger partial charge < -0.3 is 15.4 Å². The summed E-state index contributed by atoms with van der Waals surface area (Å²) in [5.41, 5.74) is 2.41. The van der Waals surface area contributed by atoms with Crippen LogP contribution >= 0.6 is 0 Å². The van der Waals surface area contributed by atoms with Crippen molar-refractivity contribution in [3.63, 3.8) is 0 Å². The van der Waals surface area contributed by atoms with Crippen molar-refractivity contribution in [3.05, 3.63) is 66.4 Å². The minimum absolute atomic E-state index is 0.163. The quantitative estimate of drug-likeness (QED) is 0.250. The van der Waals surface area contributed by atoms with Gasteiger partial charge in [-0.25, -0.2) is 18.7 Å². The SMILES string of the molecule is OC(NC1CCCC(Nc2cc(-c3ccccc3)nc(-c3c[nH]c4c(F)cc(F)cc34)n2)C1)N1CCCC1. The van der Waals surface area contributed by atoms with E-state index in [0.29, 0.717) is 22.6 Å². The average Bonchev–Trinajstić information content (AvgIpc) is 3.60. The van der Waals surface area contributed by atoms with Crippen LogP contribution in [0.3, 0.4) is 0 Å². The largest absolute Gasteiger partial charge is 0.367 e. The van der Waals surface area contributed by atoms with Gasteiger partial charge in [0.25, 0.3) is 0 Å². The van der Waals surface area contributed by atoms with Gasteiger partial charge in [0.1, 0.15) is 17.5 Å². The van der Waals surface area contributed by atoms with E-state index in [9.17, 15) is 13.9 Å². The number of anilines is 1. The van der Waals surface area contributed by atoms with Crippen molar-refractivity contribution in [1.29, 1.82) is 0 Å². The first-order chi connectivity index (χ1) is 18.5. The average molecular weight is 519 g/mol. The Bertz CT molecular complexity index is 1410. The molecule has 198 valence electrons. The maximum atomic E-state index is 14.4. The van der Waals surface area contributed by atoms with Crippen molar-refractivity contribution >= 4 is 16.7 Å². The van der Waals surface area contributed by atoms with E-state index in [1.165, 1.54) is 6.07 Å². The summed E-state index contributed by atoms with van der Waals surface area (Å²) in [6.45, 7) is 1.85. The molecule has 38 heavy (non-hydrogen) atoms. The highest BCUT2D eigenvalue weighted by atomic mass is 19.1. The number of benzene rings is 2. The van der Waals surface area contributed by atoms with Gasteiger partial charge >= 0.3 is 0 Å². The Hall–Kier alpha value is -3.40. The number of H-pyrrole nitrogens is 1. The first-order valence-electron chi connectivity index (χ1n) is 13.4. The van der Waals surface area contributed by atoms with Crippen LogP contribution in [-0.4, -0.2) is 56.5 Å². The minimum Gasteiger partial charge on any atom is -0.367 e. The second-order valence-corrected chi connectivity index (χ2v) is 10.3. The lowest BCUT2D eigenvalue weighted by Crippen LogP contribution is -2.51. The highest BCUT2D eigenvalue weighted by Gasteiger charge is 2.27. The van der Waals surface area contributed by atoms with Crippen LogP contribution in [0.4, 0.5) is 14.6 Å². The van der Waals surface area contributed by atoms with E-state index in [1.54, 1.807) is 6.20 Å². The fourth-order valence-electron chi connectivity index (χ4n) is 5.72. The molecule has 4 aromatic rings. The third-order valence-electron chi connectivity index (χ3n) is 7.64. The number of aromatic nitrogens is 3. The van der Waals surface area contributed by atoms with Crippen LogP contribution in [0.15, 0.2) is 54.7 Å². The fraction of sp³-hybridized carbons (Fsp3) is 0.379. The van der Waals surface area contributed by atoms with Crippen molar-refractivity contribution in [1.82, 2.24) is 25.2 Å². The van der Waals surface area contributed by atoms with Gasteiger partial charge in [-0.15, -0.1) is 0 Å². The molecule has 2 fully saturated rings. The molecule has 7 nitrogen and oxygen atoms in total. The smallest absolute Gasteiger partial charge is 0.164 e. The summed E-state index contributed by atoms with van der Waals surface area (Å²) in [4.78, 5) is 14.6. The Morgan fingerprint density at radius 1 is 0.974 bits per heavy atom. The molecule has 2 aromatic carbocycles. The van der Waals surface area contributed by atoms with Crippen molar-refractivity contribution in [2.45, 2.75) is 57.0 Å². The Balaban J connectivity index is 1.29. The zero-order chi connectivity index (χ0) is 26.1. The van der Waals surface area contributed by atoms with Crippen LogP contribution < -0.4 is 10.6 Å². The van der Waals surface area contributed by atoms with Gasteiger partial charge in [0.15, 0.2) is 12.2 Å². The van der Waals surface area contributed by atoms with Crippen molar-refractivity contribution in [2.24, 2.45) is 0 Å². The molecule has 0 radical (unpaired) electrons. The molecule has 9 heteroatoms. The summed E-state index contributed by atoms with van der Waals surface area (Å²) in [6.07, 6.45) is 7.16. The highest BCUT2D eigenvalue weighted by Crippen LogP contribution is 2.32. The first kappa shape index (κ1) is 24.9. The van der Waals surface area contributed by atoms with Crippen LogP contribution in [0, 0.1) is 11.6 Å². The van der Waals surface area contributed by atoms with Crippen LogP contribution in [0.2, 0.25) is 0 Å². The Morgan fingerprint density at radius 2 is 1.76 bits per heavy atom. The molecule has 4 N–H and O–H groups in total. The number of rotatable bonds is 7. The van der Waals surface area contributed by atoms with Crippen molar-refractivity contribution in [3.8, 4) is 22.6 Å². The molecule has 6 rings (SSSR count). The number of halogens is 2. The number of aliphatic hydroxyl groups is 1. The number of nitrogens with one attached hydrogen (secondary N) is 3. The standard InChI is InChI=1S/C29H32F2N6O/c30-19-13-22-23(17-32-27(22)24(31)14-19)28-35-25(18-7-2-1-3-8-18)16-26(36-28)33-20-9-6-10-21(15-20)34-29(38)37-11-4-5-12-37/h1-3,7-8,13-14,16-17,20-21,29,32,34,38H,4-6,9-12,15H2,(H,33,35,36). The van der Waals surface area contributed by atoms with Crippen molar-refractivity contribution in [2.75, 3.05) is 18.4 Å². The number of nitrogens with zero attached hydrogens (tertiary/aromatic N) is 3. The third kappa shape index (κ3) is 5.27. The van der Waals surface area contributed by atoms with Crippen LogP contribution in [-0.2, 0) is 0 Å². The Kier molecular flexibility index (Phi) is 7.06. The molecular weight excluding hydrogens is 486 g/mol. The third-order valence-corrected chi connectivity index (χ3v) is 7.64. The number of aliphatic hydroxyl groups excluding tert-OH is 1. The van der Waals surface area contributed by atoms with E-state index in [-0.39, 0.29) is 17.6 Å². The molecule has 0 bridgehead atoms. The topological polar surface area (TPSA) is 89.1 Å². The lowest BCUT2D eigenvalue weighted by molar-refractivity contribution is -0.0196. The molecule has 3 unspecified atom stereocenters. The summed E-state index contributed by atoms with van der Waals surface area (Å²) in [5.74, 6) is -0.253. The number of fused-ring (bicyclic) bond motifs is 1. The lowest BCUT2D eigenvalue weighted by Gasteiger charge is -2.34. The van der Waals surface area contributed by atoms with E-state index in [0.717, 1.165) is 68.9 Å². The molecular formula is C29H32F2N6O. The van der Waals surface area contributed by atoms with Gasteiger partial charge in [0, 0.05) is 60.0 Å². The molecule has 1 saturated carbocycles. The summed E-state index contributed by atoms with van der Waals surface area (Å²) in [5, 5.41) is 18.0. The molecule has 2 aromatic heterocycles. The van der Waals surface area contributed by atoms with Gasteiger partial charge in [0.2, 0.25) is 0 Å². The van der Waals surface area contributed by atoms with Gasteiger partial charge in [-0.2, -0.15) is 0 Å². The molecule has 0 spiro atoms. The normalized spacial score (nSPS) is 21.1. The maximum Gasteiger partial charge on any atom is 0.164 e. The number of hydrogen-bond donors (Lipinski definition) is 4. The predicted octanol–water partition coefficient (Wildman–Crippen LogP) is 5.25. The second-order valence-electron chi connectivity index (χ2n) is 10.3. The fourth-order valence-corrected chi connectivity index (χ4v) is 5.72. The number of aromatic amines is 1. The number of likely N-dealkylation sites (tertiary alicyclic amines) is 1. The monoisotopic (exact) mass is 518 g/mol. The molecule has 1 aliphatic heterocycles. The molecule has 1 aliphatic carbocycles. The lowest BCUT2D eigenvalue weighted by atomic mass is 9.91. The van der Waals surface area contributed by atoms with Gasteiger partial charge in [-0.05, 0) is 44.6 Å². The zero-order valence-electron chi connectivity index (χ0n) is 21.1. The summed E-state index contributed by atoms with van der Waals surface area (Å²) in [6, 6.07) is 14.3.